The molecule has 0 aliphatic heterocycles. The molecule has 98 valence electrons. The van der Waals surface area contributed by atoms with Crippen molar-refractivity contribution in [2.24, 2.45) is 5.92 Å². The Kier molecular flexibility index (Phi) is 5.64. The number of rotatable bonds is 6. The molecule has 1 aromatic heterocycles. The molecule has 0 aliphatic carbocycles. The van der Waals surface area contributed by atoms with Crippen LogP contribution < -0.4 is 5.32 Å². The third-order valence-corrected chi connectivity index (χ3v) is 3.48. The molecule has 0 radical (unpaired) electrons. The Morgan fingerprint density at radius 3 is 2.89 bits per heavy atom. The summed E-state index contributed by atoms with van der Waals surface area (Å²) in [6.07, 6.45) is 1.55. The normalized spacial score (nSPS) is 11.9. The Balaban J connectivity index is 2.65. The molecule has 6 heteroatoms. The highest BCUT2D eigenvalue weighted by molar-refractivity contribution is 7.99. The fourth-order valence-corrected chi connectivity index (χ4v) is 2.11. The van der Waals surface area contributed by atoms with Gasteiger partial charge in [-0.15, -0.1) is 11.8 Å². The van der Waals surface area contributed by atoms with Crippen molar-refractivity contribution in [2.75, 3.05) is 12.3 Å². The first-order valence-corrected chi connectivity index (χ1v) is 6.63. The minimum atomic E-state index is -0.819. The number of amides is 1. The van der Waals surface area contributed by atoms with E-state index in [0.717, 1.165) is 4.90 Å². The fourth-order valence-electron chi connectivity index (χ4n) is 1.17. The molecular formula is C12H16N2O3S. The van der Waals surface area contributed by atoms with Crippen molar-refractivity contribution in [1.29, 1.82) is 0 Å². The lowest BCUT2D eigenvalue weighted by molar-refractivity contribution is -0.140. The van der Waals surface area contributed by atoms with Gasteiger partial charge in [0.05, 0.1) is 5.92 Å². The molecule has 1 rings (SSSR count). The highest BCUT2D eigenvalue weighted by Gasteiger charge is 2.12. The van der Waals surface area contributed by atoms with Gasteiger partial charge in [-0.25, -0.2) is 0 Å². The van der Waals surface area contributed by atoms with Gasteiger partial charge in [0.1, 0.15) is 5.69 Å². The minimum Gasteiger partial charge on any atom is -0.481 e. The summed E-state index contributed by atoms with van der Waals surface area (Å²) < 4.78 is 0. The Bertz CT molecular complexity index is 437. The number of hydrogen-bond donors (Lipinski definition) is 2. The zero-order chi connectivity index (χ0) is 13.5. The first-order valence-electron chi connectivity index (χ1n) is 5.64. The minimum absolute atomic E-state index is 0.216. The van der Waals surface area contributed by atoms with Crippen LogP contribution in [0.5, 0.6) is 0 Å². The predicted molar refractivity (Wildman–Crippen MR) is 69.8 cm³/mol. The van der Waals surface area contributed by atoms with Crippen LogP contribution in [0.15, 0.2) is 23.2 Å². The van der Waals surface area contributed by atoms with E-state index in [0.29, 0.717) is 18.0 Å². The van der Waals surface area contributed by atoms with E-state index >= 15 is 0 Å². The fraction of sp³-hybridized carbons (Fsp3) is 0.417. The van der Waals surface area contributed by atoms with Crippen molar-refractivity contribution >= 4 is 23.6 Å². The largest absolute Gasteiger partial charge is 0.481 e. The molecule has 0 fully saturated rings. The van der Waals surface area contributed by atoms with Crippen LogP contribution >= 0.6 is 11.8 Å². The third-order valence-electron chi connectivity index (χ3n) is 2.22. The number of nitrogens with one attached hydrogen (secondary N) is 1. The van der Waals surface area contributed by atoms with Gasteiger partial charge in [0, 0.05) is 23.4 Å². The standard InChI is InChI=1S/C12H16N2O3S/c1-3-13-11(15)10-6-9(4-5-14-10)18-7-8(2)12(16)17/h4-6,8H,3,7H2,1-2H3,(H,13,15)(H,16,17). The van der Waals surface area contributed by atoms with Crippen molar-refractivity contribution in [1.82, 2.24) is 10.3 Å². The molecule has 2 N–H and O–H groups in total. The summed E-state index contributed by atoms with van der Waals surface area (Å²) in [7, 11) is 0. The Morgan fingerprint density at radius 2 is 2.28 bits per heavy atom. The number of carbonyl (C=O) groups is 2. The molecule has 18 heavy (non-hydrogen) atoms. The quantitative estimate of drug-likeness (QED) is 0.767. The zero-order valence-corrected chi connectivity index (χ0v) is 11.2. The second-order valence-electron chi connectivity index (χ2n) is 3.79. The number of carboxylic acid groups (broad SMARTS) is 1. The lowest BCUT2D eigenvalue weighted by Gasteiger charge is -2.07. The van der Waals surface area contributed by atoms with Crippen LogP contribution in [-0.2, 0) is 4.79 Å². The van der Waals surface area contributed by atoms with E-state index in [1.165, 1.54) is 11.8 Å². The lowest BCUT2D eigenvalue weighted by atomic mass is 10.2. The van der Waals surface area contributed by atoms with Crippen LogP contribution in [0.4, 0.5) is 0 Å². The van der Waals surface area contributed by atoms with Gasteiger partial charge in [0.25, 0.3) is 5.91 Å². The molecule has 5 nitrogen and oxygen atoms in total. The highest BCUT2D eigenvalue weighted by Crippen LogP contribution is 2.20. The Morgan fingerprint density at radius 1 is 1.56 bits per heavy atom. The number of aliphatic carboxylic acids is 1. The summed E-state index contributed by atoms with van der Waals surface area (Å²) in [6, 6.07) is 3.44. The van der Waals surface area contributed by atoms with Crippen molar-refractivity contribution in [2.45, 2.75) is 18.7 Å². The summed E-state index contributed by atoms with van der Waals surface area (Å²) in [6.45, 7) is 4.04. The topological polar surface area (TPSA) is 79.3 Å². The Labute approximate surface area is 110 Å². The van der Waals surface area contributed by atoms with Crippen LogP contribution in [0.25, 0.3) is 0 Å². The van der Waals surface area contributed by atoms with Crippen LogP contribution in [-0.4, -0.2) is 34.3 Å². The first-order chi connectivity index (χ1) is 8.54. The van der Waals surface area contributed by atoms with Gasteiger partial charge in [0.15, 0.2) is 0 Å². The first kappa shape index (κ1) is 14.5. The van der Waals surface area contributed by atoms with Crippen LogP contribution in [0.2, 0.25) is 0 Å². The van der Waals surface area contributed by atoms with Gasteiger partial charge >= 0.3 is 5.97 Å². The second kappa shape index (κ2) is 7.00. The zero-order valence-electron chi connectivity index (χ0n) is 10.3. The van der Waals surface area contributed by atoms with Crippen molar-refractivity contribution < 1.29 is 14.7 Å². The monoisotopic (exact) mass is 268 g/mol. The average Bonchev–Trinajstić information content (AvgIpc) is 2.36. The smallest absolute Gasteiger partial charge is 0.307 e. The molecule has 0 aromatic carbocycles. The van der Waals surface area contributed by atoms with E-state index in [1.807, 2.05) is 6.92 Å². The molecule has 0 saturated carbocycles. The Hall–Kier alpha value is -1.56. The molecule has 0 saturated heterocycles. The SMILES string of the molecule is CCNC(=O)c1cc(SCC(C)C(=O)O)ccn1. The van der Waals surface area contributed by atoms with E-state index in [2.05, 4.69) is 10.3 Å². The highest BCUT2D eigenvalue weighted by atomic mass is 32.2. The molecule has 1 atom stereocenters. The van der Waals surface area contributed by atoms with Gasteiger partial charge in [-0.2, -0.15) is 0 Å². The number of carboxylic acids is 1. The molecule has 0 spiro atoms. The molecule has 1 unspecified atom stereocenters. The van der Waals surface area contributed by atoms with Gasteiger partial charge in [-0.1, -0.05) is 6.92 Å². The molecular weight excluding hydrogens is 252 g/mol. The third kappa shape index (κ3) is 4.37. The van der Waals surface area contributed by atoms with Crippen LogP contribution in [0, 0.1) is 5.92 Å². The van der Waals surface area contributed by atoms with Crippen molar-refractivity contribution in [3.63, 3.8) is 0 Å². The molecule has 1 aromatic rings. The maximum absolute atomic E-state index is 11.6. The average molecular weight is 268 g/mol. The maximum atomic E-state index is 11.6. The van der Waals surface area contributed by atoms with Crippen molar-refractivity contribution in [3.8, 4) is 0 Å². The summed E-state index contributed by atoms with van der Waals surface area (Å²) in [5.41, 5.74) is 0.352. The molecule has 0 aliphatic rings. The molecule has 1 heterocycles. The molecule has 0 bridgehead atoms. The number of carbonyl (C=O) groups excluding carboxylic acids is 1. The summed E-state index contributed by atoms with van der Waals surface area (Å²) in [5.74, 6) is -0.989. The lowest BCUT2D eigenvalue weighted by Crippen LogP contribution is -2.23. The van der Waals surface area contributed by atoms with E-state index in [9.17, 15) is 9.59 Å². The van der Waals surface area contributed by atoms with E-state index in [-0.39, 0.29) is 5.91 Å². The number of nitrogens with zero attached hydrogens (tertiary/aromatic N) is 1. The van der Waals surface area contributed by atoms with Gasteiger partial charge in [0.2, 0.25) is 0 Å². The number of pyridine rings is 1. The summed E-state index contributed by atoms with van der Waals surface area (Å²) in [5, 5.41) is 11.5. The number of aromatic nitrogens is 1. The van der Waals surface area contributed by atoms with Crippen molar-refractivity contribution in [3.05, 3.63) is 24.0 Å². The maximum Gasteiger partial charge on any atom is 0.307 e. The van der Waals surface area contributed by atoms with Gasteiger partial charge in [-0.3, -0.25) is 14.6 Å². The summed E-state index contributed by atoms with van der Waals surface area (Å²) >= 11 is 1.41. The van der Waals surface area contributed by atoms with Gasteiger partial charge < -0.3 is 10.4 Å². The second-order valence-corrected chi connectivity index (χ2v) is 4.88. The molecule has 1 amide bonds. The van der Waals surface area contributed by atoms with Crippen LogP contribution in [0.3, 0.4) is 0 Å². The number of thioether (sulfide) groups is 1. The van der Waals surface area contributed by atoms with Gasteiger partial charge in [-0.05, 0) is 19.1 Å². The van der Waals surface area contributed by atoms with Crippen LogP contribution in [0.1, 0.15) is 24.3 Å². The number of hydrogen-bond acceptors (Lipinski definition) is 4. The summed E-state index contributed by atoms with van der Waals surface area (Å²) in [4.78, 5) is 27.1. The predicted octanol–water partition coefficient (Wildman–Crippen LogP) is 1.64. The van der Waals surface area contributed by atoms with E-state index in [4.69, 9.17) is 5.11 Å². The van der Waals surface area contributed by atoms with E-state index in [1.54, 1.807) is 25.3 Å². The van der Waals surface area contributed by atoms with E-state index < -0.39 is 11.9 Å².